The molecule has 37 heavy (non-hydrogen) atoms. The Labute approximate surface area is 219 Å². The van der Waals surface area contributed by atoms with Gasteiger partial charge in [0, 0.05) is 0 Å². The molecule has 4 aromatic rings. The van der Waals surface area contributed by atoms with E-state index in [9.17, 15) is 0 Å². The quantitative estimate of drug-likeness (QED) is 0.247. The van der Waals surface area contributed by atoms with E-state index >= 15 is 0 Å². The minimum absolute atomic E-state index is 1.01. The Morgan fingerprint density at radius 3 is 1.43 bits per heavy atom. The zero-order valence-electron chi connectivity index (χ0n) is 21.3. The van der Waals surface area contributed by atoms with Crippen LogP contribution in [0.3, 0.4) is 0 Å². The Morgan fingerprint density at radius 1 is 0.486 bits per heavy atom. The van der Waals surface area contributed by atoms with Crippen molar-refractivity contribution in [1.82, 2.24) is 0 Å². The van der Waals surface area contributed by atoms with Gasteiger partial charge < -0.3 is 0 Å². The van der Waals surface area contributed by atoms with Gasteiger partial charge in [0.25, 0.3) is 0 Å². The Hall–Kier alpha value is -3.94. The van der Waals surface area contributed by atoms with Crippen molar-refractivity contribution in [1.29, 1.82) is 0 Å². The zero-order chi connectivity index (χ0) is 24.7. The van der Waals surface area contributed by atoms with E-state index in [2.05, 4.69) is 122 Å². The van der Waals surface area contributed by atoms with Gasteiger partial charge >= 0.3 is 0 Å². The van der Waals surface area contributed by atoms with E-state index < -0.39 is 8.07 Å². The highest BCUT2D eigenvalue weighted by molar-refractivity contribution is 6.93. The van der Waals surface area contributed by atoms with Crippen LogP contribution in [-0.4, -0.2) is 8.07 Å². The van der Waals surface area contributed by atoms with Crippen LogP contribution in [0.15, 0.2) is 131 Å². The highest BCUT2D eigenvalue weighted by atomic mass is 28.3. The molecule has 176 valence electrons. The fourth-order valence-corrected chi connectivity index (χ4v) is 10.2. The maximum Gasteiger partial charge on any atom is 0.113 e. The molecule has 4 aliphatic rings. The van der Waals surface area contributed by atoms with Gasteiger partial charge in [0.15, 0.2) is 0 Å². The third-order valence-corrected chi connectivity index (χ3v) is 12.5. The highest BCUT2D eigenvalue weighted by Gasteiger charge is 2.40. The summed E-state index contributed by atoms with van der Waals surface area (Å²) >= 11 is 0. The van der Waals surface area contributed by atoms with Crippen molar-refractivity contribution in [3.63, 3.8) is 0 Å². The summed E-state index contributed by atoms with van der Waals surface area (Å²) in [5.74, 6) is 0. The second kappa shape index (κ2) is 7.54. The fourth-order valence-electron chi connectivity index (χ4n) is 7.13. The van der Waals surface area contributed by atoms with Crippen molar-refractivity contribution in [2.24, 2.45) is 0 Å². The van der Waals surface area contributed by atoms with E-state index in [1.165, 1.54) is 66.1 Å². The van der Waals surface area contributed by atoms with Crippen LogP contribution < -0.4 is 0 Å². The van der Waals surface area contributed by atoms with Crippen molar-refractivity contribution in [2.45, 2.75) is 25.9 Å². The lowest BCUT2D eigenvalue weighted by Gasteiger charge is -2.33. The van der Waals surface area contributed by atoms with Gasteiger partial charge in [-0.25, -0.2) is 0 Å². The summed E-state index contributed by atoms with van der Waals surface area (Å²) in [5, 5.41) is 8.58. The second-order valence-electron chi connectivity index (χ2n) is 11.2. The predicted molar refractivity (Wildman–Crippen MR) is 161 cm³/mol. The van der Waals surface area contributed by atoms with Crippen LogP contribution in [0.2, 0.25) is 13.1 Å². The van der Waals surface area contributed by atoms with E-state index in [4.69, 9.17) is 0 Å². The summed E-state index contributed by atoms with van der Waals surface area (Å²) in [5.41, 5.74) is 11.6. The zero-order valence-corrected chi connectivity index (χ0v) is 22.3. The number of benzene rings is 4. The third kappa shape index (κ3) is 2.89. The molecule has 1 heteroatoms. The van der Waals surface area contributed by atoms with Crippen LogP contribution in [0.4, 0.5) is 0 Å². The molecule has 0 amide bonds. The molecule has 0 heterocycles. The van der Waals surface area contributed by atoms with Crippen LogP contribution in [0.1, 0.15) is 22.3 Å². The number of allylic oxidation sites excluding steroid dienone is 12. The molecule has 0 aliphatic heterocycles. The van der Waals surface area contributed by atoms with Gasteiger partial charge in [0.2, 0.25) is 0 Å². The number of hydrogen-bond acceptors (Lipinski definition) is 0. The van der Waals surface area contributed by atoms with E-state index in [1.807, 2.05) is 0 Å². The lowest BCUT2D eigenvalue weighted by molar-refractivity contribution is 1.21. The number of rotatable bonds is 2. The molecule has 4 aromatic carbocycles. The topological polar surface area (TPSA) is 0 Å². The van der Waals surface area contributed by atoms with Gasteiger partial charge in [-0.05, 0) is 89.3 Å². The Bertz CT molecular complexity index is 1740. The van der Waals surface area contributed by atoms with E-state index in [-0.39, 0.29) is 0 Å². The fraction of sp³-hybridized carbons (Fsp3) is 0.111. The van der Waals surface area contributed by atoms with Gasteiger partial charge in [-0.1, -0.05) is 122 Å². The lowest BCUT2D eigenvalue weighted by atomic mass is 9.85. The first-order chi connectivity index (χ1) is 18.1. The maximum atomic E-state index is 2.55. The first-order valence-electron chi connectivity index (χ1n) is 13.4. The number of hydrogen-bond donors (Lipinski definition) is 0. The van der Waals surface area contributed by atoms with Crippen LogP contribution in [0.5, 0.6) is 0 Å². The monoisotopic (exact) mass is 488 g/mol. The molecule has 0 atom stereocenters. The Balaban J connectivity index is 1.18. The molecule has 0 aromatic heterocycles. The third-order valence-electron chi connectivity index (χ3n) is 8.96. The molecule has 0 bridgehead atoms. The van der Waals surface area contributed by atoms with Crippen LogP contribution in [0.25, 0.3) is 32.7 Å². The van der Waals surface area contributed by atoms with Crippen molar-refractivity contribution in [3.8, 4) is 0 Å². The van der Waals surface area contributed by atoms with Crippen molar-refractivity contribution in [3.05, 3.63) is 153 Å². The van der Waals surface area contributed by atoms with Crippen LogP contribution >= 0.6 is 0 Å². The van der Waals surface area contributed by atoms with Gasteiger partial charge in [-0.3, -0.25) is 0 Å². The maximum absolute atomic E-state index is 2.55. The molecule has 0 fully saturated rings. The van der Waals surface area contributed by atoms with Gasteiger partial charge in [-0.15, -0.1) is 0 Å². The SMILES string of the molecule is C[Si](C)(C1=CC=C2C1=CCc1ccc3ccccc3c12)C1=CC=C2C1=CCc1ccc3ccccc3c12. The standard InChI is InChI=1S/C36H28Si/c1-37(2,33-21-19-31-29(33)17-15-25-13-11-23-7-3-5-9-27(23)35(25)31)34-22-20-32-30(34)18-16-26-14-12-24-8-4-6-10-28(24)36(26)32/h3-14,17-22H,15-16H2,1-2H3. The Kier molecular flexibility index (Phi) is 4.31. The molecule has 4 aliphatic carbocycles. The van der Waals surface area contributed by atoms with Crippen LogP contribution in [0, 0.1) is 0 Å². The molecule has 0 N–H and O–H groups in total. The average molecular weight is 489 g/mol. The number of fused-ring (bicyclic) bond motifs is 10. The molecule has 0 radical (unpaired) electrons. The first kappa shape index (κ1) is 21.2. The van der Waals surface area contributed by atoms with Gasteiger partial charge in [0.05, 0.1) is 0 Å². The lowest BCUT2D eigenvalue weighted by Crippen LogP contribution is -2.34. The normalized spacial score (nSPS) is 17.7. The van der Waals surface area contributed by atoms with E-state index in [0.717, 1.165) is 12.8 Å². The van der Waals surface area contributed by atoms with Gasteiger partial charge in [0.1, 0.15) is 8.07 Å². The Morgan fingerprint density at radius 2 is 0.946 bits per heavy atom. The van der Waals surface area contributed by atoms with Gasteiger partial charge in [-0.2, -0.15) is 0 Å². The summed E-state index contributed by atoms with van der Waals surface area (Å²) in [6.45, 7) is 5.11. The summed E-state index contributed by atoms with van der Waals surface area (Å²) in [4.78, 5) is 0. The first-order valence-corrected chi connectivity index (χ1v) is 16.4. The second-order valence-corrected chi connectivity index (χ2v) is 15.6. The summed E-state index contributed by atoms with van der Waals surface area (Å²) in [7, 11) is -1.95. The molecule has 0 spiro atoms. The average Bonchev–Trinajstić information content (AvgIpc) is 3.58. The van der Waals surface area contributed by atoms with E-state index in [1.54, 1.807) is 10.4 Å². The minimum Gasteiger partial charge on any atom is -0.0723 e. The minimum atomic E-state index is -1.95. The van der Waals surface area contributed by atoms with Crippen molar-refractivity contribution >= 4 is 40.8 Å². The summed E-state index contributed by atoms with van der Waals surface area (Å²) in [6, 6.07) is 26.9. The predicted octanol–water partition coefficient (Wildman–Crippen LogP) is 9.09. The molecule has 0 saturated heterocycles. The molecule has 0 unspecified atom stereocenters. The molecular weight excluding hydrogens is 460 g/mol. The smallest absolute Gasteiger partial charge is 0.0723 e. The van der Waals surface area contributed by atoms with Crippen molar-refractivity contribution in [2.75, 3.05) is 0 Å². The molecule has 0 nitrogen and oxygen atoms in total. The summed E-state index contributed by atoms with van der Waals surface area (Å²) < 4.78 is 0. The molecule has 0 saturated carbocycles. The summed E-state index contributed by atoms with van der Waals surface area (Å²) in [6.07, 6.45) is 16.7. The molecular formula is C36H28Si. The van der Waals surface area contributed by atoms with Crippen LogP contribution in [-0.2, 0) is 12.8 Å². The van der Waals surface area contributed by atoms with Crippen molar-refractivity contribution < 1.29 is 0 Å². The molecule has 8 rings (SSSR count). The largest absolute Gasteiger partial charge is 0.113 e. The van der Waals surface area contributed by atoms with E-state index in [0.29, 0.717) is 0 Å². The highest BCUT2D eigenvalue weighted by Crippen LogP contribution is 2.51.